The molecule has 6 heteroatoms. The Morgan fingerprint density at radius 2 is 2.16 bits per heavy atom. The quantitative estimate of drug-likeness (QED) is 0.253. The minimum atomic E-state index is -0.136. The van der Waals surface area contributed by atoms with Gasteiger partial charge < -0.3 is 15.0 Å². The number of benzene rings is 1. The van der Waals surface area contributed by atoms with Gasteiger partial charge in [-0.15, -0.1) is 11.8 Å². The van der Waals surface area contributed by atoms with Gasteiger partial charge in [-0.25, -0.2) is 0 Å². The van der Waals surface area contributed by atoms with Crippen molar-refractivity contribution in [3.8, 4) is 0 Å². The van der Waals surface area contributed by atoms with Crippen molar-refractivity contribution in [2.75, 3.05) is 39.5 Å². The van der Waals surface area contributed by atoms with Gasteiger partial charge in [-0.1, -0.05) is 18.2 Å². The lowest BCUT2D eigenvalue weighted by molar-refractivity contribution is -0.140. The molecule has 0 spiro atoms. The van der Waals surface area contributed by atoms with Crippen molar-refractivity contribution in [3.63, 3.8) is 0 Å². The summed E-state index contributed by atoms with van der Waals surface area (Å²) in [5.74, 6) is 2.69. The van der Waals surface area contributed by atoms with Crippen LogP contribution in [0.25, 0.3) is 0 Å². The van der Waals surface area contributed by atoms with Crippen LogP contribution in [0.5, 0.6) is 0 Å². The summed E-state index contributed by atoms with van der Waals surface area (Å²) >= 11 is 1.94. The fraction of sp³-hybridized carbons (Fsp3) is 0.579. The molecule has 1 saturated heterocycles. The van der Waals surface area contributed by atoms with Crippen molar-refractivity contribution in [3.05, 3.63) is 30.3 Å². The van der Waals surface area contributed by atoms with Gasteiger partial charge in [-0.05, 0) is 37.3 Å². The molecule has 1 heterocycles. The molecule has 1 unspecified atom stereocenters. The standard InChI is InChI=1S/C19H29N3O2S/c1-20-19(21-12-7-6-10-18(23)24-2)22-13-11-16(14-22)15-25-17-8-4-3-5-9-17/h3-5,8-9,16H,6-7,10-15H2,1-2H3,(H,20,21). The van der Waals surface area contributed by atoms with Crippen LogP contribution < -0.4 is 5.32 Å². The van der Waals surface area contributed by atoms with E-state index in [0.29, 0.717) is 12.3 Å². The molecule has 1 aliphatic heterocycles. The van der Waals surface area contributed by atoms with E-state index in [0.717, 1.165) is 44.2 Å². The number of methoxy groups -OCH3 is 1. The van der Waals surface area contributed by atoms with Crippen molar-refractivity contribution in [1.29, 1.82) is 0 Å². The fourth-order valence-electron chi connectivity index (χ4n) is 2.92. The van der Waals surface area contributed by atoms with Gasteiger partial charge in [0.2, 0.25) is 0 Å². The zero-order valence-electron chi connectivity index (χ0n) is 15.2. The first kappa shape index (κ1) is 19.6. The molecule has 2 rings (SSSR count). The number of nitrogens with zero attached hydrogens (tertiary/aromatic N) is 2. The van der Waals surface area contributed by atoms with Gasteiger partial charge in [0.25, 0.3) is 0 Å². The molecule has 1 N–H and O–H groups in total. The van der Waals surface area contributed by atoms with E-state index in [-0.39, 0.29) is 5.97 Å². The third-order valence-corrected chi connectivity index (χ3v) is 5.59. The normalized spacial score (nSPS) is 17.6. The summed E-state index contributed by atoms with van der Waals surface area (Å²) in [5.41, 5.74) is 0. The van der Waals surface area contributed by atoms with Crippen molar-refractivity contribution < 1.29 is 9.53 Å². The number of esters is 1. The molecule has 138 valence electrons. The lowest BCUT2D eigenvalue weighted by atomic mass is 10.2. The molecule has 1 aromatic rings. The van der Waals surface area contributed by atoms with E-state index >= 15 is 0 Å². The van der Waals surface area contributed by atoms with Gasteiger partial charge in [-0.3, -0.25) is 9.79 Å². The average molecular weight is 364 g/mol. The maximum Gasteiger partial charge on any atom is 0.305 e. The molecule has 25 heavy (non-hydrogen) atoms. The number of guanidine groups is 1. The van der Waals surface area contributed by atoms with E-state index in [1.807, 2.05) is 18.8 Å². The Hall–Kier alpha value is -1.69. The number of hydrogen-bond acceptors (Lipinski definition) is 4. The van der Waals surface area contributed by atoms with Gasteiger partial charge in [0, 0.05) is 43.8 Å². The summed E-state index contributed by atoms with van der Waals surface area (Å²) in [4.78, 5) is 19.2. The number of unbranched alkanes of at least 4 members (excludes halogenated alkanes) is 1. The Labute approximate surface area is 155 Å². The highest BCUT2D eigenvalue weighted by Crippen LogP contribution is 2.25. The molecule has 0 aliphatic carbocycles. The summed E-state index contributed by atoms with van der Waals surface area (Å²) in [7, 11) is 3.27. The molecule has 1 aromatic carbocycles. The van der Waals surface area contributed by atoms with Crippen LogP contribution in [-0.4, -0.2) is 56.4 Å². The van der Waals surface area contributed by atoms with E-state index < -0.39 is 0 Å². The molecule has 0 radical (unpaired) electrons. The Bertz CT molecular complexity index is 551. The zero-order chi connectivity index (χ0) is 17.9. The van der Waals surface area contributed by atoms with Gasteiger partial charge in [0.1, 0.15) is 0 Å². The molecular formula is C19H29N3O2S. The highest BCUT2D eigenvalue weighted by Gasteiger charge is 2.24. The van der Waals surface area contributed by atoms with Crippen LogP contribution in [0.15, 0.2) is 40.2 Å². The minimum absolute atomic E-state index is 0.136. The van der Waals surface area contributed by atoms with Gasteiger partial charge in [0.15, 0.2) is 5.96 Å². The van der Waals surface area contributed by atoms with Crippen LogP contribution >= 0.6 is 11.8 Å². The number of hydrogen-bond donors (Lipinski definition) is 1. The monoisotopic (exact) mass is 363 g/mol. The number of aliphatic imine (C=N–C) groups is 1. The largest absolute Gasteiger partial charge is 0.469 e. The van der Waals surface area contributed by atoms with E-state index in [9.17, 15) is 4.79 Å². The smallest absolute Gasteiger partial charge is 0.305 e. The number of carbonyl (C=O) groups excluding carboxylic acids is 1. The first-order valence-electron chi connectivity index (χ1n) is 8.93. The van der Waals surface area contributed by atoms with Crippen molar-refractivity contribution in [1.82, 2.24) is 10.2 Å². The third-order valence-electron chi connectivity index (χ3n) is 4.34. The molecule has 5 nitrogen and oxygen atoms in total. The topological polar surface area (TPSA) is 53.9 Å². The van der Waals surface area contributed by atoms with Crippen molar-refractivity contribution in [2.24, 2.45) is 10.9 Å². The molecule has 1 aliphatic rings. The number of nitrogens with one attached hydrogen (secondary N) is 1. The van der Waals surface area contributed by atoms with Crippen molar-refractivity contribution >= 4 is 23.7 Å². The summed E-state index contributed by atoms with van der Waals surface area (Å²) in [6.07, 6.45) is 3.48. The average Bonchev–Trinajstić information content (AvgIpc) is 3.12. The highest BCUT2D eigenvalue weighted by molar-refractivity contribution is 7.99. The number of ether oxygens (including phenoxy) is 1. The maximum atomic E-state index is 11.1. The summed E-state index contributed by atoms with van der Waals surface area (Å²) in [6.45, 7) is 2.95. The molecule has 0 amide bonds. The van der Waals surface area contributed by atoms with Crippen LogP contribution in [0.2, 0.25) is 0 Å². The second kappa shape index (κ2) is 11.0. The van der Waals surface area contributed by atoms with Crippen molar-refractivity contribution in [2.45, 2.75) is 30.6 Å². The Morgan fingerprint density at radius 1 is 1.36 bits per heavy atom. The molecule has 1 atom stereocenters. The lowest BCUT2D eigenvalue weighted by Gasteiger charge is -2.21. The van der Waals surface area contributed by atoms with Crippen LogP contribution in [0.4, 0.5) is 0 Å². The Balaban J connectivity index is 1.65. The highest BCUT2D eigenvalue weighted by atomic mass is 32.2. The zero-order valence-corrected chi connectivity index (χ0v) is 16.1. The summed E-state index contributed by atoms with van der Waals surface area (Å²) in [6, 6.07) is 10.6. The number of rotatable bonds is 8. The molecular weight excluding hydrogens is 334 g/mol. The molecule has 0 saturated carbocycles. The van der Waals surface area contributed by atoms with E-state index in [1.165, 1.54) is 18.4 Å². The predicted molar refractivity (Wildman–Crippen MR) is 104 cm³/mol. The Kier molecular flexibility index (Phi) is 8.66. The van der Waals surface area contributed by atoms with Gasteiger partial charge in [-0.2, -0.15) is 0 Å². The predicted octanol–water partition coefficient (Wildman–Crippen LogP) is 3.02. The summed E-state index contributed by atoms with van der Waals surface area (Å²) in [5, 5.41) is 3.41. The number of thioether (sulfide) groups is 1. The fourth-order valence-corrected chi connectivity index (χ4v) is 3.97. The number of carbonyl (C=O) groups is 1. The minimum Gasteiger partial charge on any atom is -0.469 e. The maximum absolute atomic E-state index is 11.1. The van der Waals surface area contributed by atoms with Crippen LogP contribution in [0.1, 0.15) is 25.7 Å². The van der Waals surface area contributed by atoms with E-state index in [2.05, 4.69) is 50.3 Å². The second-order valence-corrected chi connectivity index (χ2v) is 7.33. The second-order valence-electron chi connectivity index (χ2n) is 6.23. The van der Waals surface area contributed by atoms with Gasteiger partial charge in [0.05, 0.1) is 7.11 Å². The van der Waals surface area contributed by atoms with Crippen LogP contribution in [-0.2, 0) is 9.53 Å². The Morgan fingerprint density at radius 3 is 2.88 bits per heavy atom. The third kappa shape index (κ3) is 6.98. The lowest BCUT2D eigenvalue weighted by Crippen LogP contribution is -2.40. The van der Waals surface area contributed by atoms with E-state index in [1.54, 1.807) is 0 Å². The first-order valence-corrected chi connectivity index (χ1v) is 9.91. The molecule has 0 aromatic heterocycles. The van der Waals surface area contributed by atoms with Gasteiger partial charge >= 0.3 is 5.97 Å². The van der Waals surface area contributed by atoms with Crippen LogP contribution in [0.3, 0.4) is 0 Å². The SMILES string of the molecule is CN=C(NCCCCC(=O)OC)N1CCC(CSc2ccccc2)C1. The molecule has 0 bridgehead atoms. The number of likely N-dealkylation sites (tertiary alicyclic amines) is 1. The molecule has 1 fully saturated rings. The summed E-state index contributed by atoms with van der Waals surface area (Å²) < 4.78 is 4.65. The van der Waals surface area contributed by atoms with E-state index in [4.69, 9.17) is 0 Å². The first-order chi connectivity index (χ1) is 12.2. The van der Waals surface area contributed by atoms with Crippen LogP contribution in [0, 0.1) is 5.92 Å².